The number of hydrogen-bond donors (Lipinski definition) is 6. The first-order chi connectivity index (χ1) is 12.7. The predicted octanol–water partition coefficient (Wildman–Crippen LogP) is 0.193. The van der Waals surface area contributed by atoms with Crippen LogP contribution in [0.3, 0.4) is 0 Å². The van der Waals surface area contributed by atoms with E-state index >= 15 is 0 Å². The molecule has 0 bridgehead atoms. The van der Waals surface area contributed by atoms with Crippen LogP contribution in [0.2, 0.25) is 0 Å². The third kappa shape index (κ3) is 6.78. The quantitative estimate of drug-likeness (QED) is 0.263. The van der Waals surface area contributed by atoms with E-state index < -0.39 is 39.5 Å². The van der Waals surface area contributed by atoms with Gasteiger partial charge in [-0.3, -0.25) is 14.3 Å². The molecule has 158 valence electrons. The smallest absolute Gasteiger partial charge is 0.369 e. The summed E-state index contributed by atoms with van der Waals surface area (Å²) in [6.07, 6.45) is 1.33. The Bertz CT molecular complexity index is 1060. The molecule has 0 aliphatic rings. The van der Waals surface area contributed by atoms with Crippen LogP contribution < -0.4 is 11.3 Å². The molecular weight excluding hydrogens is 463 g/mol. The van der Waals surface area contributed by atoms with E-state index in [9.17, 15) is 23.4 Å². The van der Waals surface area contributed by atoms with Gasteiger partial charge in [-0.05, 0) is 0 Å². The second-order valence-electron chi connectivity index (χ2n) is 5.39. The van der Waals surface area contributed by atoms with Crippen molar-refractivity contribution >= 4 is 52.1 Å². The number of nitrogens with two attached hydrogens (primary N) is 1. The van der Waals surface area contributed by atoms with Crippen molar-refractivity contribution in [3.05, 3.63) is 16.7 Å². The molecule has 2 rings (SSSR count). The van der Waals surface area contributed by atoms with Gasteiger partial charge in [-0.1, -0.05) is 6.92 Å². The van der Waals surface area contributed by atoms with Gasteiger partial charge in [0.15, 0.2) is 11.2 Å². The minimum atomic E-state index is -5.46. The van der Waals surface area contributed by atoms with Crippen LogP contribution in [0.1, 0.15) is 6.92 Å². The van der Waals surface area contributed by atoms with Gasteiger partial charge in [0.1, 0.15) is 0 Å². The summed E-state index contributed by atoms with van der Waals surface area (Å²) in [6, 6.07) is 0. The number of imidazole rings is 1. The van der Waals surface area contributed by atoms with Crippen molar-refractivity contribution in [2.45, 2.75) is 18.7 Å². The molecule has 7 N–H and O–H groups in total. The minimum Gasteiger partial charge on any atom is -0.369 e. The monoisotopic (exact) mass is 479 g/mol. The topological polar surface area (TPSA) is 240 Å². The van der Waals surface area contributed by atoms with Gasteiger partial charge in [0, 0.05) is 11.8 Å². The molecule has 0 amide bonds. The highest BCUT2D eigenvalue weighted by Gasteiger charge is 2.39. The molecule has 2 aromatic heterocycles. The van der Waals surface area contributed by atoms with Crippen molar-refractivity contribution in [3.8, 4) is 0 Å². The summed E-state index contributed by atoms with van der Waals surface area (Å²) < 4.78 is 42.8. The molecule has 3 atom stereocenters. The maximum atomic E-state index is 11.9. The second kappa shape index (κ2) is 8.36. The molecule has 28 heavy (non-hydrogen) atoms. The van der Waals surface area contributed by atoms with Crippen LogP contribution in [0.15, 0.2) is 11.1 Å². The lowest BCUT2D eigenvalue weighted by Crippen LogP contribution is -2.14. The van der Waals surface area contributed by atoms with Gasteiger partial charge in [0.2, 0.25) is 5.95 Å². The lowest BCUT2D eigenvalue weighted by molar-refractivity contribution is 0.223. The Morgan fingerprint density at radius 3 is 2.54 bits per heavy atom. The molecule has 0 saturated heterocycles. The van der Waals surface area contributed by atoms with Gasteiger partial charge in [-0.25, -0.2) is 18.4 Å². The van der Waals surface area contributed by atoms with Crippen molar-refractivity contribution in [2.75, 3.05) is 11.2 Å². The first-order valence-electron chi connectivity index (χ1n) is 7.12. The summed E-state index contributed by atoms with van der Waals surface area (Å²) in [5, 5.41) is -0.399. The number of thioether (sulfide) groups is 1. The fourth-order valence-electron chi connectivity index (χ4n) is 1.99. The minimum absolute atomic E-state index is 0.0540. The van der Waals surface area contributed by atoms with Crippen LogP contribution in [-0.4, -0.2) is 49.8 Å². The zero-order valence-corrected chi connectivity index (χ0v) is 17.5. The lowest BCUT2D eigenvalue weighted by Gasteiger charge is -2.18. The summed E-state index contributed by atoms with van der Waals surface area (Å²) in [4.78, 5) is 57.6. The molecule has 15 nitrogen and oxygen atoms in total. The fourth-order valence-corrected chi connectivity index (χ4v) is 7.39. The zero-order chi connectivity index (χ0) is 21.3. The van der Waals surface area contributed by atoms with Crippen LogP contribution in [0.5, 0.6) is 0 Å². The average molecular weight is 479 g/mol. The summed E-state index contributed by atoms with van der Waals surface area (Å²) in [5.41, 5.74) is 4.52. The summed E-state index contributed by atoms with van der Waals surface area (Å²) in [5.74, 6) is -0.114. The maximum Gasteiger partial charge on any atom is 0.488 e. The Balaban J connectivity index is 2.01. The highest BCUT2D eigenvalue weighted by atomic mass is 32.2. The van der Waals surface area contributed by atoms with E-state index in [2.05, 4.69) is 23.6 Å². The van der Waals surface area contributed by atoms with Crippen LogP contribution in [0, 0.1) is 0 Å². The standard InChI is InChI=1S/C9H16N5O10P3S/c1-5(2-14-3-11-6-7(14)12-9(10)13-8(6)15)28-4-25(16,17)23-27(21,22)24-26(18,19)20/h3,5H,2,4H2,1H3,(H,16,17)(H,21,22)(H2,18,19,20)(H3,10,12,13,15)/t5-/m1/s1. The van der Waals surface area contributed by atoms with Gasteiger partial charge >= 0.3 is 23.2 Å². The molecule has 0 fully saturated rings. The summed E-state index contributed by atoms with van der Waals surface area (Å²) >= 11 is 0.844. The van der Waals surface area contributed by atoms with Gasteiger partial charge < -0.3 is 29.9 Å². The summed E-state index contributed by atoms with van der Waals surface area (Å²) in [7, 11) is -15.6. The van der Waals surface area contributed by atoms with E-state index in [1.54, 1.807) is 6.92 Å². The second-order valence-corrected chi connectivity index (χ2v) is 12.1. The van der Waals surface area contributed by atoms with E-state index in [0.29, 0.717) is 0 Å². The van der Waals surface area contributed by atoms with Crippen molar-refractivity contribution in [3.63, 3.8) is 0 Å². The molecule has 2 heterocycles. The first-order valence-corrected chi connectivity index (χ1v) is 13.0. The molecule has 0 aliphatic heterocycles. The van der Waals surface area contributed by atoms with E-state index in [1.165, 1.54) is 10.9 Å². The van der Waals surface area contributed by atoms with Crippen molar-refractivity contribution < 1.29 is 41.9 Å². The van der Waals surface area contributed by atoms with E-state index in [-0.39, 0.29) is 23.7 Å². The predicted molar refractivity (Wildman–Crippen MR) is 98.3 cm³/mol. The number of fused-ring (bicyclic) bond motifs is 1. The van der Waals surface area contributed by atoms with Crippen molar-refractivity contribution in [1.29, 1.82) is 0 Å². The van der Waals surface area contributed by atoms with Gasteiger partial charge in [-0.2, -0.15) is 9.29 Å². The van der Waals surface area contributed by atoms with E-state index in [1.807, 2.05) is 0 Å². The number of anilines is 1. The number of nitrogens with one attached hydrogen (secondary N) is 1. The van der Waals surface area contributed by atoms with Gasteiger partial charge in [0.25, 0.3) is 5.56 Å². The molecule has 2 aromatic rings. The number of aromatic amines is 1. The molecule has 19 heteroatoms. The van der Waals surface area contributed by atoms with E-state index in [0.717, 1.165) is 11.8 Å². The maximum absolute atomic E-state index is 11.9. The fraction of sp³-hybridized carbons (Fsp3) is 0.444. The number of nitrogens with zero attached hydrogens (tertiary/aromatic N) is 3. The first kappa shape index (κ1) is 23.2. The Kier molecular flexibility index (Phi) is 6.94. The zero-order valence-electron chi connectivity index (χ0n) is 14.0. The highest BCUT2D eigenvalue weighted by Crippen LogP contribution is 2.66. The van der Waals surface area contributed by atoms with Gasteiger partial charge in [0.05, 0.1) is 11.8 Å². The largest absolute Gasteiger partial charge is 0.488 e. The molecular formula is C9H16N5O10P3S. The third-order valence-electron chi connectivity index (χ3n) is 2.91. The Morgan fingerprint density at radius 1 is 1.29 bits per heavy atom. The molecule has 2 unspecified atom stereocenters. The Morgan fingerprint density at radius 2 is 1.93 bits per heavy atom. The van der Waals surface area contributed by atoms with Gasteiger partial charge in [-0.15, -0.1) is 11.8 Å². The SMILES string of the molecule is C[C@H](Cn1cnc2c(=O)[nH]c(N)nc21)SCP(=O)(O)OP(=O)(O)OP(=O)(O)O. The van der Waals surface area contributed by atoms with Crippen molar-refractivity contribution in [1.82, 2.24) is 19.5 Å². The number of rotatable bonds is 9. The number of H-pyrrole nitrogens is 1. The van der Waals surface area contributed by atoms with Crippen LogP contribution in [-0.2, 0) is 28.9 Å². The van der Waals surface area contributed by atoms with Crippen molar-refractivity contribution in [2.24, 2.45) is 0 Å². The van der Waals surface area contributed by atoms with Crippen LogP contribution in [0.4, 0.5) is 5.95 Å². The Hall–Kier alpha value is -1.05. The molecule has 0 aliphatic carbocycles. The van der Waals surface area contributed by atoms with E-state index in [4.69, 9.17) is 20.4 Å². The number of nitrogen functional groups attached to an aromatic ring is 1. The number of phosphoric acid groups is 2. The van der Waals surface area contributed by atoms with Crippen LogP contribution >= 0.6 is 35.0 Å². The number of aromatic nitrogens is 4. The molecule has 0 radical (unpaired) electrons. The molecule has 0 spiro atoms. The molecule has 0 saturated carbocycles. The molecule has 0 aromatic carbocycles. The normalized spacial score (nSPS) is 17.9. The number of hydrogen-bond acceptors (Lipinski definition) is 10. The lowest BCUT2D eigenvalue weighted by atomic mass is 10.4. The highest BCUT2D eigenvalue weighted by molar-refractivity contribution is 8.05. The Labute approximate surface area is 160 Å². The van der Waals surface area contributed by atoms with Crippen LogP contribution in [0.25, 0.3) is 11.2 Å². The summed E-state index contributed by atoms with van der Waals surface area (Å²) in [6.45, 7) is 1.81. The third-order valence-corrected chi connectivity index (χ3v) is 9.05. The average Bonchev–Trinajstić information content (AvgIpc) is 2.84.